The molecule has 1 aromatic heterocycles. The van der Waals surface area contributed by atoms with Gasteiger partial charge in [0.25, 0.3) is 0 Å². The van der Waals surface area contributed by atoms with Crippen molar-refractivity contribution < 1.29 is 9.90 Å². The topological polar surface area (TPSA) is 13.1 Å². The van der Waals surface area contributed by atoms with Crippen molar-refractivity contribution in [3.8, 4) is 44.5 Å². The second-order valence-electron chi connectivity index (χ2n) is 12.5. The normalized spacial score (nSPS) is 12.8. The first-order valence-electron chi connectivity index (χ1n) is 18.5. The highest BCUT2D eigenvalue weighted by atomic mass is 16.3. The van der Waals surface area contributed by atoms with Crippen molar-refractivity contribution in [2.75, 3.05) is 0 Å². The van der Waals surface area contributed by atoms with E-state index in [0.717, 1.165) is 60.2 Å². The lowest BCUT2D eigenvalue weighted by atomic mass is 9.86. The minimum Gasteiger partial charge on any atom is -0.456 e. The van der Waals surface area contributed by atoms with E-state index in [-0.39, 0.29) is 29.7 Å². The zero-order valence-electron chi connectivity index (χ0n) is 30.4. The highest BCUT2D eigenvalue weighted by molar-refractivity contribution is 6.21. The van der Waals surface area contributed by atoms with Crippen LogP contribution < -0.4 is 0 Å². The van der Waals surface area contributed by atoms with Crippen molar-refractivity contribution in [2.45, 2.75) is 0 Å². The second-order valence-corrected chi connectivity index (χ2v) is 12.5. The van der Waals surface area contributed by atoms with Crippen molar-refractivity contribution in [1.82, 2.24) is 0 Å². The number of benzene rings is 9. The summed E-state index contributed by atoms with van der Waals surface area (Å²) in [5, 5.41) is 8.00. The molecule has 0 aliphatic rings. The molecule has 0 spiro atoms. The Kier molecular flexibility index (Phi) is 5.38. The number of hydrogen-bond donors (Lipinski definition) is 0. The van der Waals surface area contributed by atoms with E-state index in [1.807, 2.05) is 78.9 Å². The van der Waals surface area contributed by atoms with Crippen LogP contribution in [0.3, 0.4) is 0 Å². The maximum atomic E-state index is 9.43. The highest BCUT2D eigenvalue weighted by Gasteiger charge is 2.17. The van der Waals surface area contributed by atoms with Gasteiger partial charge in [0.05, 0.1) is 5.48 Å². The molecule has 10 rings (SSSR count). The zero-order chi connectivity index (χ0) is 35.8. The Balaban J connectivity index is 1.15. The van der Waals surface area contributed by atoms with Crippen LogP contribution in [0.4, 0.5) is 0 Å². The van der Waals surface area contributed by atoms with Crippen LogP contribution in [0.1, 0.15) is 5.48 Å². The molecule has 0 atom stereocenters. The van der Waals surface area contributed by atoms with Gasteiger partial charge < -0.3 is 4.42 Å². The van der Waals surface area contributed by atoms with E-state index < -0.39 is 0 Å². The van der Waals surface area contributed by atoms with E-state index in [1.165, 1.54) is 10.8 Å². The lowest BCUT2D eigenvalue weighted by molar-refractivity contribution is 0.669. The lowest BCUT2D eigenvalue weighted by Gasteiger charge is -2.18. The van der Waals surface area contributed by atoms with Gasteiger partial charge in [0.15, 0.2) is 0 Å². The van der Waals surface area contributed by atoms with Crippen molar-refractivity contribution in [1.29, 1.82) is 0 Å². The molecule has 0 fully saturated rings. The van der Waals surface area contributed by atoms with Crippen LogP contribution in [0.25, 0.3) is 98.8 Å². The molecule has 228 valence electrons. The molecule has 0 unspecified atom stereocenters. The van der Waals surface area contributed by atoms with Crippen molar-refractivity contribution in [2.24, 2.45) is 0 Å². The Hall–Kier alpha value is -6.44. The summed E-state index contributed by atoms with van der Waals surface area (Å²) in [6, 6.07) is 52.7. The Morgan fingerprint density at radius 3 is 1.47 bits per heavy atom. The van der Waals surface area contributed by atoms with E-state index in [9.17, 15) is 5.48 Å². The molecule has 0 saturated carbocycles. The molecule has 0 amide bonds. The molecule has 10 aromatic rings. The van der Waals surface area contributed by atoms with E-state index >= 15 is 0 Å². The van der Waals surface area contributed by atoms with Crippen molar-refractivity contribution in [3.63, 3.8) is 0 Å². The Morgan fingerprint density at radius 1 is 0.327 bits per heavy atom. The molecule has 0 aliphatic heterocycles. The number of rotatable bonds is 4. The molecule has 0 radical (unpaired) electrons. The van der Waals surface area contributed by atoms with Crippen LogP contribution in [-0.4, -0.2) is 0 Å². The fourth-order valence-electron chi connectivity index (χ4n) is 7.47. The SMILES string of the molecule is [2H]c1c([2H])c(-c2c3ccccc3c(-c3ccccc3)c3ccccc23)c([2H])c([2H])c1-c1ccc2c(c1)oc1cc(-c3cccc4ccccc34)ccc12. The predicted molar refractivity (Wildman–Crippen MR) is 208 cm³/mol. The molecule has 1 heterocycles. The molecule has 49 heavy (non-hydrogen) atoms. The maximum Gasteiger partial charge on any atom is 0.136 e. The predicted octanol–water partition coefficient (Wildman–Crippen LogP) is 13.7. The van der Waals surface area contributed by atoms with Crippen LogP contribution in [0, 0.1) is 0 Å². The fourth-order valence-corrected chi connectivity index (χ4v) is 7.47. The van der Waals surface area contributed by atoms with E-state index in [0.29, 0.717) is 22.3 Å². The van der Waals surface area contributed by atoms with Gasteiger partial charge in [-0.2, -0.15) is 0 Å². The monoisotopic (exact) mass is 626 g/mol. The minimum absolute atomic E-state index is 0.0757. The van der Waals surface area contributed by atoms with Gasteiger partial charge in [-0.1, -0.05) is 158 Å². The number of hydrogen-bond acceptors (Lipinski definition) is 1. The van der Waals surface area contributed by atoms with Gasteiger partial charge in [-0.05, 0) is 101 Å². The summed E-state index contributed by atoms with van der Waals surface area (Å²) in [4.78, 5) is 0. The quantitative estimate of drug-likeness (QED) is 0.177. The largest absolute Gasteiger partial charge is 0.456 e. The van der Waals surface area contributed by atoms with Gasteiger partial charge in [0.1, 0.15) is 11.2 Å². The molecule has 0 bridgehead atoms. The zero-order valence-corrected chi connectivity index (χ0v) is 26.4. The summed E-state index contributed by atoms with van der Waals surface area (Å²) in [6.45, 7) is 0. The summed E-state index contributed by atoms with van der Waals surface area (Å²) in [5.74, 6) is 0. The van der Waals surface area contributed by atoms with Gasteiger partial charge in [0.2, 0.25) is 0 Å². The van der Waals surface area contributed by atoms with Crippen LogP contribution >= 0.6 is 0 Å². The van der Waals surface area contributed by atoms with Gasteiger partial charge in [0, 0.05) is 10.8 Å². The van der Waals surface area contributed by atoms with Crippen molar-refractivity contribution in [3.05, 3.63) is 182 Å². The molecular formula is C48H30O. The fraction of sp³-hybridized carbons (Fsp3) is 0. The lowest BCUT2D eigenvalue weighted by Crippen LogP contribution is -1.90. The standard InChI is InChI=1S/C48H30O/c1-2-12-33(13-3-1)47-41-16-6-8-18-43(41)48(44-19-9-7-17-42(44)47)34-23-21-31(22-24-34)35-25-27-39-40-28-26-36(30-46(40)49-45(39)29-35)38-20-10-14-32-11-4-5-15-37(32)38/h1-30H/i21D,22D,23D,24D. The molecule has 0 saturated heterocycles. The van der Waals surface area contributed by atoms with Crippen molar-refractivity contribution >= 4 is 54.3 Å². The maximum absolute atomic E-state index is 9.43. The summed E-state index contributed by atoms with van der Waals surface area (Å²) < 4.78 is 44.0. The summed E-state index contributed by atoms with van der Waals surface area (Å²) >= 11 is 0. The Labute approximate surface area is 289 Å². The van der Waals surface area contributed by atoms with E-state index in [4.69, 9.17) is 4.42 Å². The van der Waals surface area contributed by atoms with E-state index in [2.05, 4.69) is 78.9 Å². The van der Waals surface area contributed by atoms with Gasteiger partial charge in [-0.25, -0.2) is 0 Å². The Bertz CT molecular complexity index is 3020. The second kappa shape index (κ2) is 11.1. The molecule has 1 heteroatoms. The molecule has 0 aliphatic carbocycles. The third-order valence-electron chi connectivity index (χ3n) is 9.73. The smallest absolute Gasteiger partial charge is 0.136 e. The van der Waals surface area contributed by atoms with Crippen LogP contribution in [0.2, 0.25) is 0 Å². The first kappa shape index (κ1) is 23.8. The molecule has 0 N–H and O–H groups in total. The summed E-state index contributed by atoms with van der Waals surface area (Å²) in [6.07, 6.45) is 0. The van der Waals surface area contributed by atoms with E-state index in [1.54, 1.807) is 0 Å². The van der Waals surface area contributed by atoms with Crippen LogP contribution in [0.15, 0.2) is 186 Å². The summed E-state index contributed by atoms with van der Waals surface area (Å²) in [5.41, 5.74) is 7.53. The van der Waals surface area contributed by atoms with Crippen LogP contribution in [0.5, 0.6) is 0 Å². The van der Waals surface area contributed by atoms with Gasteiger partial charge in [-0.3, -0.25) is 0 Å². The number of furan rings is 1. The van der Waals surface area contributed by atoms with Gasteiger partial charge in [-0.15, -0.1) is 0 Å². The summed E-state index contributed by atoms with van der Waals surface area (Å²) in [7, 11) is 0. The Morgan fingerprint density at radius 2 is 0.816 bits per heavy atom. The molecule has 1 nitrogen and oxygen atoms in total. The average molecular weight is 627 g/mol. The number of fused-ring (bicyclic) bond motifs is 6. The first-order chi connectivity index (χ1) is 26.0. The first-order valence-corrected chi connectivity index (χ1v) is 16.5. The van der Waals surface area contributed by atoms with Gasteiger partial charge >= 0.3 is 0 Å². The minimum atomic E-state index is -0.0880. The molecule has 9 aromatic carbocycles. The highest BCUT2D eigenvalue weighted by Crippen LogP contribution is 2.44. The third kappa shape index (κ3) is 4.47. The van der Waals surface area contributed by atoms with Crippen LogP contribution in [-0.2, 0) is 0 Å². The average Bonchev–Trinajstić information content (AvgIpc) is 3.57. The third-order valence-corrected chi connectivity index (χ3v) is 9.73. The molecular weight excluding hydrogens is 593 g/mol.